The quantitative estimate of drug-likeness (QED) is 0.678. The number of hydrogen-bond acceptors (Lipinski definition) is 3. The number of likely N-dealkylation sites (tertiary alicyclic amines) is 2. The van der Waals surface area contributed by atoms with Crippen molar-refractivity contribution in [3.8, 4) is 0 Å². The van der Waals surface area contributed by atoms with Gasteiger partial charge < -0.3 is 9.88 Å². The van der Waals surface area contributed by atoms with E-state index in [-0.39, 0.29) is 11.7 Å². The lowest BCUT2D eigenvalue weighted by Crippen LogP contribution is -2.42. The van der Waals surface area contributed by atoms with Crippen LogP contribution in [0.25, 0.3) is 11.0 Å². The second-order valence-corrected chi connectivity index (χ2v) is 8.90. The highest BCUT2D eigenvalue weighted by Crippen LogP contribution is 2.30. The van der Waals surface area contributed by atoms with E-state index in [1.54, 1.807) is 12.1 Å². The first-order valence-electron chi connectivity index (χ1n) is 11.4. The molecule has 0 bridgehead atoms. The zero-order valence-corrected chi connectivity index (χ0v) is 17.8. The van der Waals surface area contributed by atoms with E-state index in [4.69, 9.17) is 4.98 Å². The van der Waals surface area contributed by atoms with Crippen LogP contribution in [0.5, 0.6) is 0 Å². The van der Waals surface area contributed by atoms with Gasteiger partial charge in [-0.2, -0.15) is 0 Å². The molecule has 0 radical (unpaired) electrons. The van der Waals surface area contributed by atoms with Crippen molar-refractivity contribution in [2.45, 2.75) is 50.6 Å². The number of fused-ring (bicyclic) bond motifs is 1. The number of aromatic nitrogens is 2. The largest absolute Gasteiger partial charge is 0.342 e. The minimum absolute atomic E-state index is 0.206. The fourth-order valence-electron chi connectivity index (χ4n) is 5.09. The molecule has 1 N–H and O–H groups in total. The van der Waals surface area contributed by atoms with Crippen LogP contribution in [0.1, 0.15) is 49.4 Å². The molecule has 1 amide bonds. The van der Waals surface area contributed by atoms with E-state index >= 15 is 0 Å². The van der Waals surface area contributed by atoms with Gasteiger partial charge >= 0.3 is 0 Å². The van der Waals surface area contributed by atoms with Crippen LogP contribution in [0.15, 0.2) is 48.5 Å². The van der Waals surface area contributed by atoms with E-state index in [1.165, 1.54) is 12.1 Å². The van der Waals surface area contributed by atoms with Crippen LogP contribution in [0.3, 0.4) is 0 Å². The number of carbonyl (C=O) groups is 1. The van der Waals surface area contributed by atoms with Crippen LogP contribution in [0.2, 0.25) is 0 Å². The van der Waals surface area contributed by atoms with Crippen molar-refractivity contribution >= 4 is 16.9 Å². The predicted octanol–water partition coefficient (Wildman–Crippen LogP) is 4.46. The zero-order valence-electron chi connectivity index (χ0n) is 17.8. The maximum atomic E-state index is 13.2. The number of hydrogen-bond donors (Lipinski definition) is 1. The number of para-hydroxylation sites is 2. The smallest absolute Gasteiger partial charge is 0.222 e. The maximum Gasteiger partial charge on any atom is 0.222 e. The molecule has 2 aromatic carbocycles. The summed E-state index contributed by atoms with van der Waals surface area (Å²) in [6, 6.07) is 15.1. The van der Waals surface area contributed by atoms with Gasteiger partial charge in [-0.25, -0.2) is 9.37 Å². The average Bonchev–Trinajstić information content (AvgIpc) is 3.15. The molecule has 2 unspecified atom stereocenters. The minimum Gasteiger partial charge on any atom is -0.342 e. The first-order chi connectivity index (χ1) is 15.2. The summed E-state index contributed by atoms with van der Waals surface area (Å²) >= 11 is 0. The van der Waals surface area contributed by atoms with Gasteiger partial charge in [-0.1, -0.05) is 24.3 Å². The number of rotatable bonds is 4. The Morgan fingerprint density at radius 2 is 1.87 bits per heavy atom. The van der Waals surface area contributed by atoms with Crippen LogP contribution in [-0.4, -0.2) is 51.4 Å². The summed E-state index contributed by atoms with van der Waals surface area (Å²) in [5.41, 5.74) is 3.12. The number of H-pyrrole nitrogens is 1. The topological polar surface area (TPSA) is 52.2 Å². The highest BCUT2D eigenvalue weighted by Gasteiger charge is 2.31. The Labute approximate surface area is 182 Å². The molecule has 2 saturated heterocycles. The SMILES string of the molecule is O=C1CCC(N2CCCC(c3nc4ccccc4[nH]3)C2)CCN1Cc1ccc(F)cc1. The third-order valence-electron chi connectivity index (χ3n) is 6.83. The number of aromatic amines is 1. The van der Waals surface area contributed by atoms with Crippen molar-refractivity contribution in [2.75, 3.05) is 19.6 Å². The molecule has 1 aromatic heterocycles. The summed E-state index contributed by atoms with van der Waals surface area (Å²) in [7, 11) is 0. The summed E-state index contributed by atoms with van der Waals surface area (Å²) in [5.74, 6) is 1.47. The summed E-state index contributed by atoms with van der Waals surface area (Å²) < 4.78 is 13.2. The number of imidazole rings is 1. The molecule has 0 aliphatic carbocycles. The van der Waals surface area contributed by atoms with Crippen molar-refractivity contribution < 1.29 is 9.18 Å². The van der Waals surface area contributed by atoms with E-state index < -0.39 is 0 Å². The van der Waals surface area contributed by atoms with Gasteiger partial charge in [-0.05, 0) is 62.1 Å². The fourth-order valence-corrected chi connectivity index (χ4v) is 5.09. The highest BCUT2D eigenvalue weighted by atomic mass is 19.1. The minimum atomic E-state index is -0.241. The molecular weight excluding hydrogens is 391 g/mol. The molecule has 3 heterocycles. The van der Waals surface area contributed by atoms with Gasteiger partial charge in [-0.15, -0.1) is 0 Å². The molecule has 0 spiro atoms. The van der Waals surface area contributed by atoms with E-state index in [2.05, 4.69) is 22.0 Å². The first kappa shape index (κ1) is 20.2. The molecule has 162 valence electrons. The molecule has 5 rings (SSSR count). The Morgan fingerprint density at radius 1 is 1.03 bits per heavy atom. The Morgan fingerprint density at radius 3 is 2.71 bits per heavy atom. The number of halogens is 1. The van der Waals surface area contributed by atoms with Gasteiger partial charge in [0.15, 0.2) is 0 Å². The Kier molecular flexibility index (Phi) is 5.72. The third-order valence-corrected chi connectivity index (χ3v) is 6.83. The maximum absolute atomic E-state index is 13.2. The number of benzene rings is 2. The van der Waals surface area contributed by atoms with Crippen LogP contribution >= 0.6 is 0 Å². The molecule has 2 fully saturated rings. The normalized spacial score (nSPS) is 23.3. The van der Waals surface area contributed by atoms with Gasteiger partial charge in [0.05, 0.1) is 11.0 Å². The van der Waals surface area contributed by atoms with Gasteiger partial charge in [0.25, 0.3) is 0 Å². The number of carbonyl (C=O) groups excluding carboxylic acids is 1. The molecule has 2 aliphatic heterocycles. The van der Waals surface area contributed by atoms with Gasteiger partial charge in [0.1, 0.15) is 11.6 Å². The van der Waals surface area contributed by atoms with Crippen molar-refractivity contribution in [3.63, 3.8) is 0 Å². The van der Waals surface area contributed by atoms with Crippen molar-refractivity contribution in [1.29, 1.82) is 0 Å². The van der Waals surface area contributed by atoms with Crippen LogP contribution in [0.4, 0.5) is 4.39 Å². The first-order valence-corrected chi connectivity index (χ1v) is 11.4. The molecule has 2 atom stereocenters. The van der Waals surface area contributed by atoms with E-state index in [1.807, 2.05) is 17.0 Å². The summed E-state index contributed by atoms with van der Waals surface area (Å²) in [4.78, 5) is 25.6. The van der Waals surface area contributed by atoms with Gasteiger partial charge in [0.2, 0.25) is 5.91 Å². The van der Waals surface area contributed by atoms with Crippen LogP contribution in [-0.2, 0) is 11.3 Å². The molecule has 6 heteroatoms. The van der Waals surface area contributed by atoms with Crippen molar-refractivity contribution in [2.24, 2.45) is 0 Å². The molecule has 0 saturated carbocycles. The molecular formula is C25H29FN4O. The molecule has 2 aliphatic rings. The summed E-state index contributed by atoms with van der Waals surface area (Å²) in [6.45, 7) is 3.41. The number of nitrogens with zero attached hydrogens (tertiary/aromatic N) is 3. The second kappa shape index (κ2) is 8.79. The standard InChI is InChI=1S/C25H29FN4O/c26-20-9-7-18(8-10-20)16-30-15-13-21(11-12-24(30)31)29-14-3-4-19(17-29)25-27-22-5-1-2-6-23(22)28-25/h1-2,5-10,19,21H,3-4,11-17H2,(H,27,28). The van der Waals surface area contributed by atoms with Gasteiger partial charge in [-0.3, -0.25) is 9.69 Å². The van der Waals surface area contributed by atoms with Crippen molar-refractivity contribution in [1.82, 2.24) is 19.8 Å². The molecule has 31 heavy (non-hydrogen) atoms. The highest BCUT2D eigenvalue weighted by molar-refractivity contribution is 5.76. The number of piperidine rings is 1. The van der Waals surface area contributed by atoms with E-state index in [9.17, 15) is 9.18 Å². The lowest BCUT2D eigenvalue weighted by atomic mass is 9.94. The van der Waals surface area contributed by atoms with Crippen LogP contribution < -0.4 is 0 Å². The van der Waals surface area contributed by atoms with Crippen molar-refractivity contribution in [3.05, 3.63) is 65.7 Å². The van der Waals surface area contributed by atoms with E-state index in [0.29, 0.717) is 24.9 Å². The monoisotopic (exact) mass is 420 g/mol. The predicted molar refractivity (Wildman–Crippen MR) is 119 cm³/mol. The second-order valence-electron chi connectivity index (χ2n) is 8.90. The Hall–Kier alpha value is -2.73. The van der Waals surface area contributed by atoms with Gasteiger partial charge in [0, 0.05) is 38.0 Å². The Bertz CT molecular complexity index is 1010. The summed E-state index contributed by atoms with van der Waals surface area (Å²) in [6.07, 6.45) is 4.78. The molecule has 3 aromatic rings. The number of amides is 1. The van der Waals surface area contributed by atoms with Crippen LogP contribution in [0, 0.1) is 5.82 Å². The van der Waals surface area contributed by atoms with E-state index in [0.717, 1.165) is 67.7 Å². The lowest BCUT2D eigenvalue weighted by Gasteiger charge is -2.37. The Balaban J connectivity index is 1.23. The summed E-state index contributed by atoms with van der Waals surface area (Å²) in [5, 5.41) is 0. The zero-order chi connectivity index (χ0) is 21.2. The third kappa shape index (κ3) is 4.49. The number of nitrogens with one attached hydrogen (secondary N) is 1. The fraction of sp³-hybridized carbons (Fsp3) is 0.440. The molecule has 5 nitrogen and oxygen atoms in total. The lowest BCUT2D eigenvalue weighted by molar-refractivity contribution is -0.131. The average molecular weight is 421 g/mol.